The summed E-state index contributed by atoms with van der Waals surface area (Å²) in [6, 6.07) is 16.8. The monoisotopic (exact) mass is 471 g/mol. The summed E-state index contributed by atoms with van der Waals surface area (Å²) >= 11 is 0. The molecule has 2 heterocycles. The first-order chi connectivity index (χ1) is 16.9. The molecule has 6 heteroatoms. The van der Waals surface area contributed by atoms with Gasteiger partial charge in [0.15, 0.2) is 0 Å². The molecule has 35 heavy (non-hydrogen) atoms. The third kappa shape index (κ3) is 8.03. The second kappa shape index (κ2) is 13.6. The van der Waals surface area contributed by atoms with Crippen LogP contribution in [0.15, 0.2) is 77.4 Å². The van der Waals surface area contributed by atoms with Gasteiger partial charge in [0.05, 0.1) is 17.1 Å². The molecule has 0 unspecified atom stereocenters. The van der Waals surface area contributed by atoms with Gasteiger partial charge in [-0.05, 0) is 49.1 Å². The summed E-state index contributed by atoms with van der Waals surface area (Å²) in [4.78, 5) is 33.1. The van der Waals surface area contributed by atoms with Crippen LogP contribution in [0.5, 0.6) is 11.8 Å². The van der Waals surface area contributed by atoms with Crippen molar-refractivity contribution in [1.82, 2.24) is 15.0 Å². The number of nitrogens with zero attached hydrogens (tertiary/aromatic N) is 2. The number of aromatic amines is 1. The highest BCUT2D eigenvalue weighted by Crippen LogP contribution is 2.28. The molecule has 0 spiro atoms. The summed E-state index contributed by atoms with van der Waals surface area (Å²) in [6.07, 6.45) is 6.08. The van der Waals surface area contributed by atoms with Crippen molar-refractivity contribution in [1.29, 1.82) is 0 Å². The molecule has 0 amide bonds. The van der Waals surface area contributed by atoms with Gasteiger partial charge < -0.3 is 4.74 Å². The molecule has 0 bridgehead atoms. The van der Waals surface area contributed by atoms with Crippen LogP contribution in [0.3, 0.4) is 0 Å². The predicted molar refractivity (Wildman–Crippen MR) is 143 cm³/mol. The first-order valence-corrected chi connectivity index (χ1v) is 11.7. The number of carbonyl (C=O) groups excluding carboxylic acids is 1. The van der Waals surface area contributed by atoms with Crippen LogP contribution in [0.1, 0.15) is 68.9 Å². The molecule has 0 aliphatic rings. The summed E-state index contributed by atoms with van der Waals surface area (Å²) in [7, 11) is 0. The Balaban J connectivity index is 0.000000363. The Morgan fingerprint density at radius 1 is 1.03 bits per heavy atom. The third-order valence-electron chi connectivity index (χ3n) is 4.76. The van der Waals surface area contributed by atoms with Gasteiger partial charge >= 0.3 is 6.01 Å². The van der Waals surface area contributed by atoms with Crippen LogP contribution in [0, 0.1) is 0 Å². The van der Waals surface area contributed by atoms with Gasteiger partial charge in [-0.2, -0.15) is 4.98 Å². The smallest absolute Gasteiger partial charge is 0.302 e. The number of allylic oxidation sites excluding steroid dienone is 1. The van der Waals surface area contributed by atoms with Crippen molar-refractivity contribution in [2.75, 3.05) is 0 Å². The van der Waals surface area contributed by atoms with Crippen molar-refractivity contribution in [3.63, 3.8) is 0 Å². The van der Waals surface area contributed by atoms with E-state index in [4.69, 9.17) is 4.74 Å². The lowest BCUT2D eigenvalue weighted by Crippen LogP contribution is -2.09. The van der Waals surface area contributed by atoms with Crippen LogP contribution in [0.4, 0.5) is 0 Å². The molecule has 2 aromatic heterocycles. The molecule has 182 valence electrons. The lowest BCUT2D eigenvalue weighted by molar-refractivity contribution is 0.112. The lowest BCUT2D eigenvalue weighted by Gasteiger charge is -2.13. The van der Waals surface area contributed by atoms with Crippen LogP contribution >= 0.6 is 0 Å². The van der Waals surface area contributed by atoms with Crippen LogP contribution < -0.4 is 10.3 Å². The Labute approximate surface area is 206 Å². The largest absolute Gasteiger partial charge is 0.426 e. The molecule has 4 aromatic rings. The highest BCUT2D eigenvalue weighted by atomic mass is 16.5. The minimum atomic E-state index is -0.245. The van der Waals surface area contributed by atoms with Crippen LogP contribution in [0.25, 0.3) is 17.0 Å². The Hall–Kier alpha value is -4.06. The maximum atomic E-state index is 12.1. The number of fused-ring (bicyclic) bond motifs is 1. The molecule has 0 aliphatic heterocycles. The fourth-order valence-electron chi connectivity index (χ4n) is 3.24. The zero-order chi connectivity index (χ0) is 25.8. The number of hydrogen-bond donors (Lipinski definition) is 1. The van der Waals surface area contributed by atoms with E-state index in [1.54, 1.807) is 30.6 Å². The molecule has 0 fully saturated rings. The van der Waals surface area contributed by atoms with Gasteiger partial charge in [-0.25, -0.2) is 0 Å². The van der Waals surface area contributed by atoms with E-state index in [1.807, 2.05) is 44.2 Å². The number of H-pyrrole nitrogens is 1. The number of carbonyl (C=O) groups is 1. The van der Waals surface area contributed by atoms with Gasteiger partial charge in [-0.1, -0.05) is 75.7 Å². The average Bonchev–Trinajstić information content (AvgIpc) is 2.86. The molecular formula is C29H33N3O3. The van der Waals surface area contributed by atoms with E-state index in [0.717, 1.165) is 17.4 Å². The van der Waals surface area contributed by atoms with E-state index in [-0.39, 0.29) is 11.6 Å². The van der Waals surface area contributed by atoms with Crippen molar-refractivity contribution in [3.8, 4) is 11.8 Å². The van der Waals surface area contributed by atoms with Crippen LogP contribution in [-0.2, 0) is 0 Å². The summed E-state index contributed by atoms with van der Waals surface area (Å²) in [5.74, 6) is 1.03. The Morgan fingerprint density at radius 2 is 1.74 bits per heavy atom. The molecule has 6 nitrogen and oxygen atoms in total. The Bertz CT molecular complexity index is 1320. The topological polar surface area (TPSA) is 84.9 Å². The number of nitrogens with one attached hydrogen (secondary N) is 1. The normalized spacial score (nSPS) is 9.91. The number of benzene rings is 2. The number of rotatable bonds is 5. The Morgan fingerprint density at radius 3 is 2.34 bits per heavy atom. The quantitative estimate of drug-likeness (QED) is 0.312. The second-order valence-corrected chi connectivity index (χ2v) is 8.06. The van der Waals surface area contributed by atoms with Crippen LogP contribution in [0.2, 0.25) is 0 Å². The molecule has 2 aromatic carbocycles. The SMILES string of the molecule is CC.CC(C)=Cc1cc(Oc2nc3cnccc3c(=O)[nH]2)ccc1C(C)C.O=Cc1ccccc1. The first-order valence-electron chi connectivity index (χ1n) is 11.7. The first kappa shape index (κ1) is 27.2. The number of aldehydes is 1. The zero-order valence-corrected chi connectivity index (χ0v) is 21.2. The van der Waals surface area contributed by atoms with Gasteiger partial charge in [0.25, 0.3) is 5.56 Å². The maximum Gasteiger partial charge on any atom is 0.302 e. The molecule has 0 aliphatic carbocycles. The summed E-state index contributed by atoms with van der Waals surface area (Å²) in [5, 5.41) is 0.489. The molecular weight excluding hydrogens is 438 g/mol. The number of pyridine rings is 1. The molecule has 1 N–H and O–H groups in total. The van der Waals surface area contributed by atoms with Gasteiger partial charge in [0, 0.05) is 11.8 Å². The van der Waals surface area contributed by atoms with E-state index in [2.05, 4.69) is 54.8 Å². The average molecular weight is 472 g/mol. The van der Waals surface area contributed by atoms with Crippen molar-refractivity contribution in [3.05, 3.63) is 99.6 Å². The number of hydrogen-bond acceptors (Lipinski definition) is 5. The minimum absolute atomic E-state index is 0.158. The lowest BCUT2D eigenvalue weighted by atomic mass is 9.96. The summed E-state index contributed by atoms with van der Waals surface area (Å²) < 4.78 is 5.80. The molecule has 0 saturated carbocycles. The summed E-state index contributed by atoms with van der Waals surface area (Å²) in [5.41, 5.74) is 4.56. The highest BCUT2D eigenvalue weighted by Gasteiger charge is 2.09. The molecule has 4 rings (SSSR count). The van der Waals surface area contributed by atoms with Gasteiger partial charge in [0.1, 0.15) is 12.0 Å². The zero-order valence-electron chi connectivity index (χ0n) is 21.2. The predicted octanol–water partition coefficient (Wildman–Crippen LogP) is 7.18. The maximum absolute atomic E-state index is 12.1. The minimum Gasteiger partial charge on any atom is -0.426 e. The second-order valence-electron chi connectivity index (χ2n) is 8.06. The van der Waals surface area contributed by atoms with Gasteiger partial charge in [-0.15, -0.1) is 0 Å². The molecule has 0 atom stereocenters. The standard InChI is InChI=1S/C20H21N3O2.C7H6O.C2H6/c1-12(2)9-14-10-15(5-6-16(14)13(3)4)25-20-22-18-11-21-8-7-17(18)19(24)23-20;8-6-7-4-2-1-3-5-7;1-2/h5-11,13H,1-4H3,(H,22,23,24);1-6H;1-2H3. The van der Waals surface area contributed by atoms with Gasteiger partial charge in [0.2, 0.25) is 0 Å². The van der Waals surface area contributed by atoms with E-state index >= 15 is 0 Å². The van der Waals surface area contributed by atoms with E-state index in [9.17, 15) is 9.59 Å². The van der Waals surface area contributed by atoms with Crippen molar-refractivity contribution >= 4 is 23.3 Å². The Kier molecular flexibility index (Phi) is 10.6. The molecule has 0 radical (unpaired) electrons. The number of ether oxygens (including phenoxy) is 1. The van der Waals surface area contributed by atoms with Crippen LogP contribution in [-0.4, -0.2) is 21.2 Å². The van der Waals surface area contributed by atoms with E-state index in [1.165, 1.54) is 11.1 Å². The third-order valence-corrected chi connectivity index (χ3v) is 4.76. The van der Waals surface area contributed by atoms with E-state index in [0.29, 0.717) is 22.6 Å². The summed E-state index contributed by atoms with van der Waals surface area (Å²) in [6.45, 7) is 12.4. The van der Waals surface area contributed by atoms with Gasteiger partial charge in [-0.3, -0.25) is 19.6 Å². The highest BCUT2D eigenvalue weighted by molar-refractivity contribution is 5.76. The fraction of sp³-hybridized carbons (Fsp3) is 0.241. The van der Waals surface area contributed by atoms with Crippen molar-refractivity contribution in [2.24, 2.45) is 0 Å². The number of aromatic nitrogens is 3. The van der Waals surface area contributed by atoms with Crippen molar-refractivity contribution in [2.45, 2.75) is 47.5 Å². The van der Waals surface area contributed by atoms with E-state index < -0.39 is 0 Å². The molecule has 0 saturated heterocycles. The fourth-order valence-corrected chi connectivity index (χ4v) is 3.24. The van der Waals surface area contributed by atoms with Crippen molar-refractivity contribution < 1.29 is 9.53 Å².